The number of nitrogens with one attached hydrogen (secondary N) is 1. The summed E-state index contributed by atoms with van der Waals surface area (Å²) in [5.41, 5.74) is 2.97. The Bertz CT molecular complexity index is 613. The van der Waals surface area contributed by atoms with Gasteiger partial charge in [0.25, 0.3) is 0 Å². The van der Waals surface area contributed by atoms with Crippen LogP contribution in [0.5, 0.6) is 0 Å². The van der Waals surface area contributed by atoms with Crippen LogP contribution in [0.3, 0.4) is 0 Å². The smallest absolute Gasteiger partial charge is 0.223 e. The molecule has 0 saturated carbocycles. The zero-order valence-corrected chi connectivity index (χ0v) is 13.1. The van der Waals surface area contributed by atoms with E-state index in [-0.39, 0.29) is 11.9 Å². The van der Waals surface area contributed by atoms with Crippen LogP contribution < -0.4 is 0 Å². The molecule has 3 rings (SSSR count). The van der Waals surface area contributed by atoms with Crippen molar-refractivity contribution in [2.75, 3.05) is 6.54 Å². The number of rotatable bonds is 4. The molecule has 2 aromatic heterocycles. The van der Waals surface area contributed by atoms with Gasteiger partial charge in [0, 0.05) is 24.7 Å². The van der Waals surface area contributed by atoms with E-state index in [1.165, 1.54) is 0 Å². The molecule has 2 aromatic rings. The summed E-state index contributed by atoms with van der Waals surface area (Å²) in [5.74, 6) is 1.01. The fourth-order valence-electron chi connectivity index (χ4n) is 3.24. The van der Waals surface area contributed by atoms with Gasteiger partial charge >= 0.3 is 0 Å². The quantitative estimate of drug-likeness (QED) is 0.942. The summed E-state index contributed by atoms with van der Waals surface area (Å²) in [6, 6.07) is 2.10. The van der Waals surface area contributed by atoms with Gasteiger partial charge in [0.2, 0.25) is 5.91 Å². The van der Waals surface area contributed by atoms with E-state index in [1.54, 1.807) is 6.20 Å². The lowest BCUT2D eigenvalue weighted by atomic mass is 9.98. The number of H-pyrrole nitrogens is 1. The minimum atomic E-state index is 0.133. The molecular weight excluding hydrogens is 280 g/mol. The Kier molecular flexibility index (Phi) is 4.27. The van der Waals surface area contributed by atoms with Crippen molar-refractivity contribution in [3.63, 3.8) is 0 Å². The summed E-state index contributed by atoms with van der Waals surface area (Å²) in [4.78, 5) is 14.7. The molecule has 1 aliphatic heterocycles. The molecule has 6 nitrogen and oxygen atoms in total. The van der Waals surface area contributed by atoms with Crippen LogP contribution in [-0.4, -0.2) is 32.7 Å². The molecule has 118 valence electrons. The van der Waals surface area contributed by atoms with Crippen LogP contribution in [-0.2, 0) is 11.2 Å². The number of aromatic nitrogens is 3. The first-order valence-corrected chi connectivity index (χ1v) is 7.87. The third-order valence-corrected chi connectivity index (χ3v) is 4.47. The van der Waals surface area contributed by atoms with Crippen molar-refractivity contribution >= 4 is 5.91 Å². The van der Waals surface area contributed by atoms with Crippen molar-refractivity contribution < 1.29 is 9.32 Å². The third-order valence-electron chi connectivity index (χ3n) is 4.47. The van der Waals surface area contributed by atoms with E-state index in [1.807, 2.05) is 24.8 Å². The minimum absolute atomic E-state index is 0.133. The van der Waals surface area contributed by atoms with E-state index < -0.39 is 0 Å². The Balaban J connectivity index is 1.67. The van der Waals surface area contributed by atoms with Gasteiger partial charge in [0.1, 0.15) is 5.76 Å². The summed E-state index contributed by atoms with van der Waals surface area (Å²) < 4.78 is 5.16. The van der Waals surface area contributed by atoms with Crippen LogP contribution >= 0.6 is 0 Å². The number of carbonyl (C=O) groups excluding carboxylic acids is 1. The van der Waals surface area contributed by atoms with Gasteiger partial charge in [-0.15, -0.1) is 0 Å². The Morgan fingerprint density at radius 1 is 1.45 bits per heavy atom. The highest BCUT2D eigenvalue weighted by Crippen LogP contribution is 2.30. The molecule has 0 unspecified atom stereocenters. The van der Waals surface area contributed by atoms with Gasteiger partial charge in [0.15, 0.2) is 0 Å². The Morgan fingerprint density at radius 2 is 2.32 bits per heavy atom. The maximum absolute atomic E-state index is 12.7. The Hall–Kier alpha value is -2.11. The zero-order valence-electron chi connectivity index (χ0n) is 13.1. The molecule has 1 amide bonds. The van der Waals surface area contributed by atoms with Crippen molar-refractivity contribution in [1.29, 1.82) is 0 Å². The number of nitrogens with zero attached hydrogens (tertiary/aromatic N) is 3. The predicted molar refractivity (Wildman–Crippen MR) is 81.2 cm³/mol. The first kappa shape index (κ1) is 14.8. The van der Waals surface area contributed by atoms with E-state index in [2.05, 4.69) is 15.4 Å². The van der Waals surface area contributed by atoms with Crippen LogP contribution in [0, 0.1) is 13.8 Å². The minimum Gasteiger partial charge on any atom is -0.361 e. The number of likely N-dealkylation sites (tertiary alicyclic amines) is 1. The molecule has 6 heteroatoms. The van der Waals surface area contributed by atoms with Crippen LogP contribution in [0.25, 0.3) is 0 Å². The van der Waals surface area contributed by atoms with Gasteiger partial charge in [-0.2, -0.15) is 5.10 Å². The Morgan fingerprint density at radius 3 is 3.00 bits per heavy atom. The number of amides is 1. The standard InChI is InChI=1S/C16H22N4O2/c1-11-13(12(2)22-19-11)6-7-16(21)20-10-4-3-5-15(20)14-8-9-17-18-14/h8-9,15H,3-7,10H2,1-2H3,(H,17,18)/t15-/m1/s1. The van der Waals surface area contributed by atoms with E-state index >= 15 is 0 Å². The second-order valence-electron chi connectivity index (χ2n) is 5.91. The van der Waals surface area contributed by atoms with Gasteiger partial charge in [-0.1, -0.05) is 5.16 Å². The topological polar surface area (TPSA) is 75.0 Å². The van der Waals surface area contributed by atoms with Crippen molar-refractivity contribution in [2.24, 2.45) is 0 Å². The van der Waals surface area contributed by atoms with Crippen LogP contribution in [0.2, 0.25) is 0 Å². The molecule has 22 heavy (non-hydrogen) atoms. The highest BCUT2D eigenvalue weighted by atomic mass is 16.5. The zero-order chi connectivity index (χ0) is 15.5. The van der Waals surface area contributed by atoms with E-state index in [9.17, 15) is 4.79 Å². The second kappa shape index (κ2) is 6.34. The summed E-state index contributed by atoms with van der Waals surface area (Å²) in [5, 5.41) is 11.0. The molecule has 1 fully saturated rings. The third kappa shape index (κ3) is 2.91. The van der Waals surface area contributed by atoms with Crippen molar-refractivity contribution in [2.45, 2.75) is 52.0 Å². The summed E-state index contributed by atoms with van der Waals surface area (Å²) in [6.45, 7) is 4.64. The number of aryl methyl sites for hydroxylation is 2. The Labute approximate surface area is 129 Å². The molecule has 0 spiro atoms. The lowest BCUT2D eigenvalue weighted by Crippen LogP contribution is -2.38. The largest absolute Gasteiger partial charge is 0.361 e. The molecule has 1 saturated heterocycles. The molecule has 1 aliphatic rings. The monoisotopic (exact) mass is 302 g/mol. The lowest BCUT2D eigenvalue weighted by Gasteiger charge is -2.35. The van der Waals surface area contributed by atoms with Crippen molar-refractivity contribution in [3.05, 3.63) is 35.0 Å². The van der Waals surface area contributed by atoms with Crippen LogP contribution in [0.15, 0.2) is 16.8 Å². The van der Waals surface area contributed by atoms with Gasteiger partial charge in [-0.3, -0.25) is 9.89 Å². The molecule has 3 heterocycles. The lowest BCUT2D eigenvalue weighted by molar-refractivity contribution is -0.135. The SMILES string of the molecule is Cc1noc(C)c1CCC(=O)N1CCCC[C@@H]1c1ccn[nH]1. The van der Waals surface area contributed by atoms with Gasteiger partial charge in [0.05, 0.1) is 17.4 Å². The van der Waals surface area contributed by atoms with Gasteiger partial charge in [-0.05, 0) is 45.6 Å². The van der Waals surface area contributed by atoms with E-state index in [0.29, 0.717) is 12.8 Å². The van der Waals surface area contributed by atoms with Crippen LogP contribution in [0.4, 0.5) is 0 Å². The van der Waals surface area contributed by atoms with Crippen LogP contribution in [0.1, 0.15) is 54.4 Å². The van der Waals surface area contributed by atoms with E-state index in [4.69, 9.17) is 4.52 Å². The summed E-state index contributed by atoms with van der Waals surface area (Å²) in [6.07, 6.45) is 6.15. The number of hydrogen-bond acceptors (Lipinski definition) is 4. The normalized spacial score (nSPS) is 18.6. The molecule has 0 bridgehead atoms. The highest BCUT2D eigenvalue weighted by Gasteiger charge is 2.28. The average Bonchev–Trinajstić information content (AvgIpc) is 3.16. The van der Waals surface area contributed by atoms with E-state index in [0.717, 1.165) is 48.5 Å². The molecule has 0 aliphatic carbocycles. The number of hydrogen-bond donors (Lipinski definition) is 1. The molecule has 1 atom stereocenters. The maximum atomic E-state index is 12.7. The molecule has 0 radical (unpaired) electrons. The second-order valence-corrected chi connectivity index (χ2v) is 5.91. The average molecular weight is 302 g/mol. The number of aromatic amines is 1. The molecule has 0 aromatic carbocycles. The summed E-state index contributed by atoms with van der Waals surface area (Å²) in [7, 11) is 0. The maximum Gasteiger partial charge on any atom is 0.223 e. The fraction of sp³-hybridized carbons (Fsp3) is 0.562. The van der Waals surface area contributed by atoms with Crippen molar-refractivity contribution in [1.82, 2.24) is 20.3 Å². The number of piperidine rings is 1. The molecular formula is C16H22N4O2. The van der Waals surface area contributed by atoms with Crippen molar-refractivity contribution in [3.8, 4) is 0 Å². The number of carbonyl (C=O) groups is 1. The summed E-state index contributed by atoms with van der Waals surface area (Å²) >= 11 is 0. The highest BCUT2D eigenvalue weighted by molar-refractivity contribution is 5.77. The molecule has 1 N–H and O–H groups in total. The van der Waals surface area contributed by atoms with Gasteiger partial charge < -0.3 is 9.42 Å². The van der Waals surface area contributed by atoms with Gasteiger partial charge in [-0.25, -0.2) is 0 Å². The predicted octanol–water partition coefficient (Wildman–Crippen LogP) is 2.70. The first-order chi connectivity index (χ1) is 10.7. The first-order valence-electron chi connectivity index (χ1n) is 7.87. The fourth-order valence-corrected chi connectivity index (χ4v) is 3.24.